The Morgan fingerprint density at radius 1 is 1.00 bits per heavy atom. The normalized spacial score (nSPS) is 13.0. The van der Waals surface area contributed by atoms with Crippen molar-refractivity contribution < 1.29 is 15.0 Å². The van der Waals surface area contributed by atoms with Gasteiger partial charge in [-0.2, -0.15) is 0 Å². The summed E-state index contributed by atoms with van der Waals surface area (Å²) in [6, 6.07) is 0. The fourth-order valence-corrected chi connectivity index (χ4v) is 1.97. The quantitative estimate of drug-likeness (QED) is 0.567. The van der Waals surface area contributed by atoms with Gasteiger partial charge in [0.2, 0.25) is 0 Å². The van der Waals surface area contributed by atoms with E-state index < -0.39 is 12.1 Å². The van der Waals surface area contributed by atoms with Crippen LogP contribution in [-0.4, -0.2) is 22.3 Å². The van der Waals surface area contributed by atoms with E-state index in [9.17, 15) is 9.90 Å². The number of aliphatic hydroxyl groups excluding tert-OH is 1. The number of aliphatic carboxylic acids is 1. The van der Waals surface area contributed by atoms with E-state index in [1.807, 2.05) is 0 Å². The van der Waals surface area contributed by atoms with Crippen LogP contribution in [0.4, 0.5) is 0 Å². The average Bonchev–Trinajstić information content (AvgIpc) is 2.26. The zero-order valence-corrected chi connectivity index (χ0v) is 10.6. The van der Waals surface area contributed by atoms with Crippen LogP contribution < -0.4 is 0 Å². The maximum absolute atomic E-state index is 10.8. The minimum absolute atomic E-state index is 0.0596. The molecule has 1 unspecified atom stereocenters. The summed E-state index contributed by atoms with van der Waals surface area (Å²) in [5.41, 5.74) is 0. The Labute approximate surface area is 98.9 Å². The van der Waals surface area contributed by atoms with Crippen molar-refractivity contribution in [2.24, 2.45) is 5.92 Å². The van der Waals surface area contributed by atoms with Crippen LogP contribution in [0.2, 0.25) is 0 Å². The second-order valence-electron chi connectivity index (χ2n) is 4.53. The molecule has 0 aliphatic heterocycles. The van der Waals surface area contributed by atoms with Crippen molar-refractivity contribution >= 4 is 5.97 Å². The second kappa shape index (κ2) is 9.64. The van der Waals surface area contributed by atoms with Gasteiger partial charge >= 0.3 is 5.97 Å². The van der Waals surface area contributed by atoms with Gasteiger partial charge in [0.05, 0.1) is 0 Å². The summed E-state index contributed by atoms with van der Waals surface area (Å²) in [5.74, 6) is -1.13. The highest BCUT2D eigenvalue weighted by atomic mass is 16.4. The Morgan fingerprint density at radius 2 is 1.44 bits per heavy atom. The molecule has 0 amide bonds. The first-order valence-electron chi connectivity index (χ1n) is 6.54. The van der Waals surface area contributed by atoms with Gasteiger partial charge in [0, 0.05) is 0 Å². The molecule has 0 heterocycles. The Bertz CT molecular complexity index is 170. The topological polar surface area (TPSA) is 57.5 Å². The Hall–Kier alpha value is -0.570. The lowest BCUT2D eigenvalue weighted by atomic mass is 9.90. The van der Waals surface area contributed by atoms with Crippen LogP contribution in [0.15, 0.2) is 0 Å². The van der Waals surface area contributed by atoms with Gasteiger partial charge < -0.3 is 10.2 Å². The fraction of sp³-hybridized carbons (Fsp3) is 0.923. The predicted octanol–water partition coefficient (Wildman–Crippen LogP) is 3.21. The van der Waals surface area contributed by atoms with Crippen molar-refractivity contribution in [1.82, 2.24) is 0 Å². The van der Waals surface area contributed by atoms with Gasteiger partial charge in [-0.15, -0.1) is 0 Å². The summed E-state index contributed by atoms with van der Waals surface area (Å²) in [6.45, 7) is 4.25. The van der Waals surface area contributed by atoms with Crippen LogP contribution >= 0.6 is 0 Å². The molecule has 0 radical (unpaired) electrons. The van der Waals surface area contributed by atoms with E-state index in [1.54, 1.807) is 0 Å². The van der Waals surface area contributed by atoms with E-state index in [0.717, 1.165) is 51.4 Å². The predicted molar refractivity (Wildman–Crippen MR) is 65.4 cm³/mol. The smallest absolute Gasteiger partial charge is 0.332 e. The molecule has 0 aromatic carbocycles. The lowest BCUT2D eigenvalue weighted by Gasteiger charge is -2.19. The summed E-state index contributed by atoms with van der Waals surface area (Å²) in [5, 5.41) is 18.4. The van der Waals surface area contributed by atoms with Crippen molar-refractivity contribution in [3.63, 3.8) is 0 Å². The molecule has 2 N–H and O–H groups in total. The first-order chi connectivity index (χ1) is 7.63. The molecule has 0 aliphatic carbocycles. The molecule has 16 heavy (non-hydrogen) atoms. The highest BCUT2D eigenvalue weighted by Crippen LogP contribution is 2.21. The third kappa shape index (κ3) is 6.83. The molecule has 0 aromatic rings. The molecule has 0 saturated heterocycles. The number of hydrogen-bond acceptors (Lipinski definition) is 2. The van der Waals surface area contributed by atoms with E-state index in [2.05, 4.69) is 13.8 Å². The lowest BCUT2D eigenvalue weighted by Crippen LogP contribution is -2.29. The van der Waals surface area contributed by atoms with Crippen molar-refractivity contribution in [3.05, 3.63) is 0 Å². The van der Waals surface area contributed by atoms with Crippen LogP contribution in [0.25, 0.3) is 0 Å². The zero-order chi connectivity index (χ0) is 12.4. The highest BCUT2D eigenvalue weighted by molar-refractivity contribution is 5.72. The van der Waals surface area contributed by atoms with Crippen LogP contribution in [0, 0.1) is 5.92 Å². The molecular weight excluding hydrogens is 204 g/mol. The van der Waals surface area contributed by atoms with E-state index in [-0.39, 0.29) is 5.92 Å². The molecule has 3 heteroatoms. The molecule has 3 nitrogen and oxygen atoms in total. The molecule has 0 spiro atoms. The number of hydrogen-bond donors (Lipinski definition) is 2. The number of aliphatic hydroxyl groups is 1. The van der Waals surface area contributed by atoms with Gasteiger partial charge in [-0.25, -0.2) is 4.79 Å². The second-order valence-corrected chi connectivity index (χ2v) is 4.53. The maximum Gasteiger partial charge on any atom is 0.332 e. The lowest BCUT2D eigenvalue weighted by molar-refractivity contribution is -0.150. The monoisotopic (exact) mass is 230 g/mol. The number of carbonyl (C=O) groups is 1. The average molecular weight is 230 g/mol. The minimum atomic E-state index is -1.17. The number of carboxylic acids is 1. The van der Waals surface area contributed by atoms with Gasteiger partial charge in [-0.1, -0.05) is 52.4 Å². The van der Waals surface area contributed by atoms with Gasteiger partial charge in [0.1, 0.15) is 0 Å². The summed E-state index contributed by atoms with van der Waals surface area (Å²) in [6.07, 6.45) is 7.06. The van der Waals surface area contributed by atoms with Crippen LogP contribution in [0.1, 0.15) is 65.2 Å². The number of unbranched alkanes of at least 4 members (excludes halogenated alkanes) is 4. The Morgan fingerprint density at radius 3 is 1.75 bits per heavy atom. The molecule has 0 aromatic heterocycles. The maximum atomic E-state index is 10.8. The van der Waals surface area contributed by atoms with E-state index in [4.69, 9.17) is 5.11 Å². The van der Waals surface area contributed by atoms with E-state index in [1.165, 1.54) is 0 Å². The van der Waals surface area contributed by atoms with Crippen LogP contribution in [-0.2, 0) is 4.79 Å². The van der Waals surface area contributed by atoms with Crippen LogP contribution in [0.5, 0.6) is 0 Å². The molecule has 0 rings (SSSR count). The standard InChI is InChI=1S/C13H26O3/c1-3-5-7-9-11(10-8-6-4-2)12(14)13(15)16/h11-12,14H,3-10H2,1-2H3,(H,15,16). The number of carboxylic acid groups (broad SMARTS) is 1. The van der Waals surface area contributed by atoms with Crippen molar-refractivity contribution in [3.8, 4) is 0 Å². The third-order valence-corrected chi connectivity index (χ3v) is 3.06. The molecule has 1 atom stereocenters. The zero-order valence-electron chi connectivity index (χ0n) is 10.6. The Balaban J connectivity index is 3.99. The summed E-state index contributed by atoms with van der Waals surface area (Å²) in [4.78, 5) is 10.8. The fourth-order valence-electron chi connectivity index (χ4n) is 1.97. The first-order valence-corrected chi connectivity index (χ1v) is 6.54. The SMILES string of the molecule is CCCCCC(CCCCC)C(O)C(=O)O. The number of rotatable bonds is 10. The summed E-state index contributed by atoms with van der Waals surface area (Å²) < 4.78 is 0. The minimum Gasteiger partial charge on any atom is -0.479 e. The van der Waals surface area contributed by atoms with Gasteiger partial charge in [0.25, 0.3) is 0 Å². The molecular formula is C13H26O3. The first kappa shape index (κ1) is 15.4. The van der Waals surface area contributed by atoms with Gasteiger partial charge in [0.15, 0.2) is 6.10 Å². The van der Waals surface area contributed by atoms with Crippen molar-refractivity contribution in [2.45, 2.75) is 71.3 Å². The van der Waals surface area contributed by atoms with E-state index >= 15 is 0 Å². The van der Waals surface area contributed by atoms with Crippen LogP contribution in [0.3, 0.4) is 0 Å². The largest absolute Gasteiger partial charge is 0.479 e. The molecule has 0 aliphatic rings. The van der Waals surface area contributed by atoms with E-state index in [0.29, 0.717) is 0 Å². The highest BCUT2D eigenvalue weighted by Gasteiger charge is 2.24. The summed E-state index contributed by atoms with van der Waals surface area (Å²) >= 11 is 0. The van der Waals surface area contributed by atoms with Gasteiger partial charge in [-0.3, -0.25) is 0 Å². The summed E-state index contributed by atoms with van der Waals surface area (Å²) in [7, 11) is 0. The Kier molecular flexibility index (Phi) is 9.30. The molecule has 0 saturated carbocycles. The molecule has 0 bridgehead atoms. The molecule has 0 fully saturated rings. The molecule has 96 valence electrons. The van der Waals surface area contributed by atoms with Crippen molar-refractivity contribution in [1.29, 1.82) is 0 Å². The van der Waals surface area contributed by atoms with Gasteiger partial charge in [-0.05, 0) is 18.8 Å². The van der Waals surface area contributed by atoms with Crippen molar-refractivity contribution in [2.75, 3.05) is 0 Å². The third-order valence-electron chi connectivity index (χ3n) is 3.06.